The van der Waals surface area contributed by atoms with Gasteiger partial charge in [0.25, 0.3) is 6.47 Å². The lowest BCUT2D eigenvalue weighted by molar-refractivity contribution is -0.137. The fourth-order valence-electron chi connectivity index (χ4n) is 2.29. The third-order valence-electron chi connectivity index (χ3n) is 3.49. The predicted octanol–water partition coefficient (Wildman–Crippen LogP) is 5.25. The average molecular weight is 302 g/mol. The second kappa shape index (κ2) is 21.2. The number of hydrogen-bond donors (Lipinski definition) is 2. The molecular formula is C17H34O4. The monoisotopic (exact) mass is 302 g/mol. The molecule has 4 nitrogen and oxygen atoms in total. The lowest BCUT2D eigenvalue weighted by atomic mass is 10.0. The number of aliphatic carboxylic acids is 1. The Morgan fingerprint density at radius 1 is 0.762 bits per heavy atom. The van der Waals surface area contributed by atoms with Gasteiger partial charge < -0.3 is 10.2 Å². The van der Waals surface area contributed by atoms with Gasteiger partial charge >= 0.3 is 5.97 Å². The lowest BCUT2D eigenvalue weighted by Gasteiger charge is -2.02. The molecule has 0 aromatic carbocycles. The highest BCUT2D eigenvalue weighted by Gasteiger charge is 1.96. The van der Waals surface area contributed by atoms with E-state index in [2.05, 4.69) is 6.92 Å². The zero-order valence-electron chi connectivity index (χ0n) is 13.7. The third kappa shape index (κ3) is 28.0. The quantitative estimate of drug-likeness (QED) is 0.339. The van der Waals surface area contributed by atoms with Crippen LogP contribution < -0.4 is 0 Å². The number of carboxylic acids is 1. The summed E-state index contributed by atoms with van der Waals surface area (Å²) in [5.74, 6) is -0.655. The van der Waals surface area contributed by atoms with Crippen molar-refractivity contribution in [2.24, 2.45) is 0 Å². The maximum absolute atomic E-state index is 10.3. The smallest absolute Gasteiger partial charge is 0.303 e. The van der Waals surface area contributed by atoms with Gasteiger partial charge in [0.1, 0.15) is 0 Å². The van der Waals surface area contributed by atoms with E-state index in [0.717, 1.165) is 12.8 Å². The van der Waals surface area contributed by atoms with Crippen LogP contribution in [0, 0.1) is 0 Å². The van der Waals surface area contributed by atoms with E-state index in [1.165, 1.54) is 70.6 Å². The van der Waals surface area contributed by atoms with Crippen molar-refractivity contribution in [2.45, 2.75) is 96.8 Å². The maximum atomic E-state index is 10.3. The number of hydrogen-bond acceptors (Lipinski definition) is 2. The maximum Gasteiger partial charge on any atom is 0.303 e. The van der Waals surface area contributed by atoms with Crippen LogP contribution in [0.5, 0.6) is 0 Å². The highest BCUT2D eigenvalue weighted by molar-refractivity contribution is 5.66. The molecule has 0 atom stereocenters. The van der Waals surface area contributed by atoms with E-state index in [9.17, 15) is 4.79 Å². The normalized spacial score (nSPS) is 9.76. The predicted molar refractivity (Wildman–Crippen MR) is 86.6 cm³/mol. The first-order chi connectivity index (χ1) is 10.2. The molecule has 2 N–H and O–H groups in total. The summed E-state index contributed by atoms with van der Waals surface area (Å²) >= 11 is 0. The Morgan fingerprint density at radius 2 is 1.05 bits per heavy atom. The van der Waals surface area contributed by atoms with Gasteiger partial charge in [-0.15, -0.1) is 0 Å². The summed E-state index contributed by atoms with van der Waals surface area (Å²) in [7, 11) is 0. The molecule has 0 aliphatic carbocycles. The van der Waals surface area contributed by atoms with Crippen LogP contribution in [0.25, 0.3) is 0 Å². The van der Waals surface area contributed by atoms with Crippen LogP contribution in [0.1, 0.15) is 96.8 Å². The fraction of sp³-hybridized carbons (Fsp3) is 0.882. The van der Waals surface area contributed by atoms with Gasteiger partial charge in [0.05, 0.1) is 0 Å². The Balaban J connectivity index is 0. The SMILES string of the molecule is CCCCCCCCCCCCCCCC(=O)O.O=CO. The minimum Gasteiger partial charge on any atom is -0.483 e. The molecule has 21 heavy (non-hydrogen) atoms. The van der Waals surface area contributed by atoms with Crippen molar-refractivity contribution in [1.29, 1.82) is 0 Å². The van der Waals surface area contributed by atoms with Gasteiger partial charge in [0, 0.05) is 6.42 Å². The number of carbonyl (C=O) groups is 2. The van der Waals surface area contributed by atoms with E-state index < -0.39 is 5.97 Å². The van der Waals surface area contributed by atoms with E-state index in [0.29, 0.717) is 6.42 Å². The molecule has 0 amide bonds. The molecule has 0 aliphatic rings. The van der Waals surface area contributed by atoms with E-state index in [4.69, 9.17) is 15.0 Å². The van der Waals surface area contributed by atoms with Crippen molar-refractivity contribution in [2.75, 3.05) is 0 Å². The first kappa shape index (κ1) is 22.2. The van der Waals surface area contributed by atoms with Crippen LogP contribution in [-0.4, -0.2) is 22.7 Å². The van der Waals surface area contributed by atoms with Crippen molar-refractivity contribution >= 4 is 12.4 Å². The summed E-state index contributed by atoms with van der Waals surface area (Å²) in [6, 6.07) is 0. The molecule has 0 heterocycles. The first-order valence-electron chi connectivity index (χ1n) is 8.48. The Kier molecular flexibility index (Phi) is 22.5. The molecule has 0 spiro atoms. The van der Waals surface area contributed by atoms with Crippen LogP contribution in [0.15, 0.2) is 0 Å². The van der Waals surface area contributed by atoms with Crippen molar-refractivity contribution < 1.29 is 19.8 Å². The van der Waals surface area contributed by atoms with Crippen LogP contribution in [0.2, 0.25) is 0 Å². The van der Waals surface area contributed by atoms with E-state index in [1.54, 1.807) is 0 Å². The third-order valence-corrected chi connectivity index (χ3v) is 3.49. The molecule has 126 valence electrons. The van der Waals surface area contributed by atoms with Crippen molar-refractivity contribution in [3.05, 3.63) is 0 Å². The summed E-state index contributed by atoms with van der Waals surface area (Å²) in [6.45, 7) is 2.01. The summed E-state index contributed by atoms with van der Waals surface area (Å²) in [4.78, 5) is 18.7. The second-order valence-electron chi connectivity index (χ2n) is 5.49. The van der Waals surface area contributed by atoms with Crippen LogP contribution >= 0.6 is 0 Å². The zero-order chi connectivity index (χ0) is 16.2. The number of rotatable bonds is 14. The Bertz CT molecular complexity index is 217. The van der Waals surface area contributed by atoms with Gasteiger partial charge in [-0.1, -0.05) is 84.0 Å². The van der Waals surface area contributed by atoms with Crippen molar-refractivity contribution in [3.8, 4) is 0 Å². The molecule has 0 radical (unpaired) electrons. The van der Waals surface area contributed by atoms with Gasteiger partial charge in [-0.05, 0) is 6.42 Å². The molecule has 0 saturated heterocycles. The van der Waals surface area contributed by atoms with Gasteiger partial charge in [-0.3, -0.25) is 9.59 Å². The molecule has 0 aromatic rings. The van der Waals surface area contributed by atoms with Crippen molar-refractivity contribution in [1.82, 2.24) is 0 Å². The summed E-state index contributed by atoms with van der Waals surface area (Å²) in [6.07, 6.45) is 17.3. The van der Waals surface area contributed by atoms with Gasteiger partial charge in [-0.2, -0.15) is 0 Å². The average Bonchev–Trinajstić information content (AvgIpc) is 2.44. The molecule has 0 rings (SSSR count). The molecule has 0 aromatic heterocycles. The number of unbranched alkanes of at least 4 members (excludes halogenated alkanes) is 12. The second-order valence-corrected chi connectivity index (χ2v) is 5.49. The minimum absolute atomic E-state index is 0.250. The number of carboxylic acid groups (broad SMARTS) is 2. The summed E-state index contributed by atoms with van der Waals surface area (Å²) in [5.41, 5.74) is 0. The van der Waals surface area contributed by atoms with E-state index in [-0.39, 0.29) is 6.47 Å². The van der Waals surface area contributed by atoms with Gasteiger partial charge in [0.2, 0.25) is 0 Å². The van der Waals surface area contributed by atoms with Gasteiger partial charge in [0.15, 0.2) is 0 Å². The van der Waals surface area contributed by atoms with E-state index >= 15 is 0 Å². The molecule has 4 heteroatoms. The topological polar surface area (TPSA) is 74.6 Å². The minimum atomic E-state index is -0.655. The molecular weight excluding hydrogens is 268 g/mol. The lowest BCUT2D eigenvalue weighted by Crippen LogP contribution is -1.93. The first-order valence-corrected chi connectivity index (χ1v) is 8.48. The van der Waals surface area contributed by atoms with Gasteiger partial charge in [-0.25, -0.2) is 0 Å². The largest absolute Gasteiger partial charge is 0.483 e. The zero-order valence-corrected chi connectivity index (χ0v) is 13.7. The van der Waals surface area contributed by atoms with E-state index in [1.807, 2.05) is 0 Å². The van der Waals surface area contributed by atoms with Crippen LogP contribution in [0.4, 0.5) is 0 Å². The molecule has 0 bridgehead atoms. The molecule has 0 aliphatic heterocycles. The summed E-state index contributed by atoms with van der Waals surface area (Å²) < 4.78 is 0. The van der Waals surface area contributed by atoms with Crippen molar-refractivity contribution in [3.63, 3.8) is 0 Å². The Hall–Kier alpha value is -1.06. The standard InChI is InChI=1S/C16H32O2.CH2O2/c1-2-3-4-5-6-7-8-9-10-11-12-13-14-15-16(17)18;2-1-3/h2-15H2,1H3,(H,17,18);1H,(H,2,3). The molecule has 0 fully saturated rings. The molecule has 0 saturated carbocycles. The summed E-state index contributed by atoms with van der Waals surface area (Å²) in [5, 5.41) is 15.4. The highest BCUT2D eigenvalue weighted by Crippen LogP contribution is 2.12. The van der Waals surface area contributed by atoms with Crippen LogP contribution in [-0.2, 0) is 9.59 Å². The fourth-order valence-corrected chi connectivity index (χ4v) is 2.29. The van der Waals surface area contributed by atoms with Crippen LogP contribution in [0.3, 0.4) is 0 Å². The Labute approximate surface area is 129 Å². The Morgan fingerprint density at radius 3 is 1.33 bits per heavy atom. The highest BCUT2D eigenvalue weighted by atomic mass is 16.4. The molecule has 0 unspecified atom stereocenters.